The fourth-order valence-electron chi connectivity index (χ4n) is 3.16. The highest BCUT2D eigenvalue weighted by molar-refractivity contribution is 5.90. The van der Waals surface area contributed by atoms with Gasteiger partial charge in [-0.15, -0.1) is 0 Å². The summed E-state index contributed by atoms with van der Waals surface area (Å²) >= 11 is 0. The molecule has 2 aromatic rings. The van der Waals surface area contributed by atoms with Crippen molar-refractivity contribution in [2.75, 3.05) is 13.7 Å². The molecule has 110 valence electrons. The minimum absolute atomic E-state index is 0.131. The highest BCUT2D eigenvalue weighted by Gasteiger charge is 2.32. The highest BCUT2D eigenvalue weighted by atomic mass is 16.5. The van der Waals surface area contributed by atoms with Crippen LogP contribution in [0, 0.1) is 0 Å². The number of nitrogens with two attached hydrogens (primary N) is 1. The zero-order valence-corrected chi connectivity index (χ0v) is 12.7. The van der Waals surface area contributed by atoms with E-state index < -0.39 is 0 Å². The van der Waals surface area contributed by atoms with Crippen molar-refractivity contribution in [3.8, 4) is 5.75 Å². The minimum Gasteiger partial charge on any atom is -0.496 e. The van der Waals surface area contributed by atoms with E-state index in [0.29, 0.717) is 18.5 Å². The average molecular weight is 283 g/mol. The van der Waals surface area contributed by atoms with Crippen LogP contribution in [0.15, 0.2) is 41.4 Å². The molecule has 0 saturated carbocycles. The third kappa shape index (κ3) is 2.20. The van der Waals surface area contributed by atoms with Crippen molar-refractivity contribution in [3.63, 3.8) is 0 Å². The average Bonchev–Trinajstić information content (AvgIpc) is 2.87. The van der Waals surface area contributed by atoms with Crippen LogP contribution in [-0.2, 0) is 0 Å². The Morgan fingerprint density at radius 2 is 2.00 bits per heavy atom. The maximum Gasteiger partial charge on any atom is 0.192 e. The van der Waals surface area contributed by atoms with Gasteiger partial charge in [0.2, 0.25) is 0 Å². The Hall–Kier alpha value is -2.23. The van der Waals surface area contributed by atoms with Crippen LogP contribution in [0.5, 0.6) is 5.75 Å². The van der Waals surface area contributed by atoms with Gasteiger partial charge in [-0.2, -0.15) is 0 Å². The first-order valence-corrected chi connectivity index (χ1v) is 7.27. The van der Waals surface area contributed by atoms with E-state index in [-0.39, 0.29) is 6.04 Å². The number of methoxy groups -OCH3 is 1. The van der Waals surface area contributed by atoms with Crippen LogP contribution in [0.3, 0.4) is 0 Å². The lowest BCUT2D eigenvalue weighted by molar-refractivity contribution is 0.284. The molecule has 1 unspecified atom stereocenters. The van der Waals surface area contributed by atoms with E-state index in [1.54, 1.807) is 7.11 Å². The third-order valence-electron chi connectivity index (χ3n) is 4.07. The van der Waals surface area contributed by atoms with Crippen molar-refractivity contribution < 1.29 is 4.74 Å². The fourth-order valence-corrected chi connectivity index (χ4v) is 3.16. The molecule has 4 heteroatoms. The molecule has 0 aromatic heterocycles. The van der Waals surface area contributed by atoms with Crippen LogP contribution in [0.25, 0.3) is 10.8 Å². The third-order valence-corrected chi connectivity index (χ3v) is 4.07. The predicted octanol–water partition coefficient (Wildman–Crippen LogP) is 2.93. The quantitative estimate of drug-likeness (QED) is 0.942. The molecule has 1 aliphatic rings. The van der Waals surface area contributed by atoms with Gasteiger partial charge >= 0.3 is 0 Å². The second-order valence-corrected chi connectivity index (χ2v) is 5.62. The summed E-state index contributed by atoms with van der Waals surface area (Å²) in [5.74, 6) is 1.51. The number of hydrogen-bond donors (Lipinski definition) is 1. The standard InChI is InChI=1S/C17H21N3O/c1-11(2)20-14(10-19-17(20)18)16-13-7-5-4-6-12(13)8-9-15(16)21-3/h4-9,11,14H,10H2,1-3H3,(H2,18,19). The summed E-state index contributed by atoms with van der Waals surface area (Å²) in [6.07, 6.45) is 0. The fraction of sp³-hybridized carbons (Fsp3) is 0.353. The Balaban J connectivity index is 2.19. The number of benzene rings is 2. The van der Waals surface area contributed by atoms with Crippen LogP contribution in [-0.4, -0.2) is 30.6 Å². The lowest BCUT2D eigenvalue weighted by Crippen LogP contribution is -2.41. The van der Waals surface area contributed by atoms with Gasteiger partial charge in [0, 0.05) is 11.6 Å². The monoisotopic (exact) mass is 283 g/mol. The van der Waals surface area contributed by atoms with E-state index in [9.17, 15) is 0 Å². The van der Waals surface area contributed by atoms with E-state index in [0.717, 1.165) is 5.75 Å². The Kier molecular flexibility index (Phi) is 3.45. The van der Waals surface area contributed by atoms with Crippen molar-refractivity contribution in [2.45, 2.75) is 25.9 Å². The van der Waals surface area contributed by atoms with E-state index in [4.69, 9.17) is 10.5 Å². The number of aliphatic imine (C=N–C) groups is 1. The van der Waals surface area contributed by atoms with Crippen molar-refractivity contribution >= 4 is 16.7 Å². The van der Waals surface area contributed by atoms with Crippen molar-refractivity contribution in [1.82, 2.24) is 4.90 Å². The maximum atomic E-state index is 6.08. The smallest absolute Gasteiger partial charge is 0.192 e. The van der Waals surface area contributed by atoms with Crippen LogP contribution < -0.4 is 10.5 Å². The molecule has 2 aromatic carbocycles. The molecule has 21 heavy (non-hydrogen) atoms. The highest BCUT2D eigenvalue weighted by Crippen LogP contribution is 2.38. The molecular formula is C17H21N3O. The van der Waals surface area contributed by atoms with Gasteiger partial charge in [0.05, 0.1) is 19.7 Å². The lowest BCUT2D eigenvalue weighted by atomic mass is 9.96. The Morgan fingerprint density at radius 3 is 2.71 bits per heavy atom. The normalized spacial score (nSPS) is 18.4. The molecule has 1 atom stereocenters. The molecular weight excluding hydrogens is 262 g/mol. The van der Waals surface area contributed by atoms with Crippen molar-refractivity contribution in [3.05, 3.63) is 42.0 Å². The number of ether oxygens (including phenoxy) is 1. The van der Waals surface area contributed by atoms with Gasteiger partial charge in [-0.05, 0) is 30.7 Å². The number of guanidine groups is 1. The van der Waals surface area contributed by atoms with Crippen molar-refractivity contribution in [2.24, 2.45) is 10.7 Å². The van der Waals surface area contributed by atoms with E-state index in [2.05, 4.69) is 54.1 Å². The zero-order valence-electron chi connectivity index (χ0n) is 12.7. The van der Waals surface area contributed by atoms with Crippen LogP contribution in [0.2, 0.25) is 0 Å². The van der Waals surface area contributed by atoms with Gasteiger partial charge in [-0.1, -0.05) is 30.3 Å². The lowest BCUT2D eigenvalue weighted by Gasteiger charge is -2.31. The number of rotatable bonds is 3. The van der Waals surface area contributed by atoms with Crippen molar-refractivity contribution in [1.29, 1.82) is 0 Å². The zero-order chi connectivity index (χ0) is 15.0. The van der Waals surface area contributed by atoms with Crippen LogP contribution in [0.4, 0.5) is 0 Å². The Labute approximate surface area is 125 Å². The van der Waals surface area contributed by atoms with Crippen LogP contribution >= 0.6 is 0 Å². The van der Waals surface area contributed by atoms with Gasteiger partial charge < -0.3 is 15.4 Å². The largest absolute Gasteiger partial charge is 0.496 e. The predicted molar refractivity (Wildman–Crippen MR) is 86.7 cm³/mol. The summed E-state index contributed by atoms with van der Waals surface area (Å²) in [6, 6.07) is 12.9. The second kappa shape index (κ2) is 5.28. The molecule has 3 rings (SSSR count). The summed E-state index contributed by atoms with van der Waals surface area (Å²) < 4.78 is 5.61. The Bertz CT molecular complexity index is 693. The van der Waals surface area contributed by atoms with Gasteiger partial charge in [-0.3, -0.25) is 4.99 Å². The van der Waals surface area contributed by atoms with E-state index >= 15 is 0 Å². The van der Waals surface area contributed by atoms with E-state index in [1.165, 1.54) is 16.3 Å². The number of fused-ring (bicyclic) bond motifs is 1. The summed E-state index contributed by atoms with van der Waals surface area (Å²) in [4.78, 5) is 6.61. The first kappa shape index (κ1) is 13.7. The molecule has 0 saturated heterocycles. The molecule has 0 radical (unpaired) electrons. The summed E-state index contributed by atoms with van der Waals surface area (Å²) in [5.41, 5.74) is 7.25. The van der Waals surface area contributed by atoms with Gasteiger partial charge in [-0.25, -0.2) is 0 Å². The molecule has 2 N–H and O–H groups in total. The van der Waals surface area contributed by atoms with Gasteiger partial charge in [0.25, 0.3) is 0 Å². The summed E-state index contributed by atoms with van der Waals surface area (Å²) in [6.45, 7) is 4.95. The molecule has 0 spiro atoms. The maximum absolute atomic E-state index is 6.08. The van der Waals surface area contributed by atoms with E-state index in [1.807, 2.05) is 6.07 Å². The second-order valence-electron chi connectivity index (χ2n) is 5.62. The first-order chi connectivity index (χ1) is 10.1. The first-order valence-electron chi connectivity index (χ1n) is 7.27. The van der Waals surface area contributed by atoms with Gasteiger partial charge in [0.15, 0.2) is 5.96 Å². The van der Waals surface area contributed by atoms with Crippen LogP contribution in [0.1, 0.15) is 25.5 Å². The number of nitrogens with zero attached hydrogens (tertiary/aromatic N) is 2. The molecule has 0 aliphatic carbocycles. The molecule has 4 nitrogen and oxygen atoms in total. The summed E-state index contributed by atoms with van der Waals surface area (Å²) in [5, 5.41) is 2.42. The minimum atomic E-state index is 0.131. The van der Waals surface area contributed by atoms with Gasteiger partial charge in [0.1, 0.15) is 5.75 Å². The number of hydrogen-bond acceptors (Lipinski definition) is 4. The SMILES string of the molecule is COc1ccc2ccccc2c1C1CN=C(N)N1C(C)C. The molecule has 0 amide bonds. The Morgan fingerprint density at radius 1 is 1.24 bits per heavy atom. The molecule has 0 fully saturated rings. The molecule has 1 aliphatic heterocycles. The summed E-state index contributed by atoms with van der Waals surface area (Å²) in [7, 11) is 1.71. The molecule has 1 heterocycles. The topological polar surface area (TPSA) is 50.9 Å². The molecule has 0 bridgehead atoms.